The Morgan fingerprint density at radius 1 is 1.11 bits per heavy atom. The lowest BCUT2D eigenvalue weighted by atomic mass is 9.80. The summed E-state index contributed by atoms with van der Waals surface area (Å²) in [5, 5.41) is 0. The van der Waals surface area contributed by atoms with Gasteiger partial charge < -0.3 is 9.47 Å². The number of Topliss-reactive ketones (excluding diaryl/α,β-unsaturated/α-hetero) is 1. The highest BCUT2D eigenvalue weighted by Crippen LogP contribution is 2.31. The number of allylic oxidation sites excluding steroid dienone is 3. The van der Waals surface area contributed by atoms with Crippen molar-refractivity contribution in [2.75, 3.05) is 19.8 Å². The molecule has 1 aromatic carbocycles. The zero-order chi connectivity index (χ0) is 19.9. The van der Waals surface area contributed by atoms with Crippen molar-refractivity contribution < 1.29 is 14.3 Å². The first-order valence-electron chi connectivity index (χ1n) is 9.59. The average molecular weight is 370 g/mol. The van der Waals surface area contributed by atoms with Crippen LogP contribution in [0.1, 0.15) is 40.2 Å². The molecule has 0 radical (unpaired) electrons. The van der Waals surface area contributed by atoms with E-state index in [2.05, 4.69) is 37.9 Å². The van der Waals surface area contributed by atoms with Crippen LogP contribution in [0.4, 0.5) is 0 Å². The largest absolute Gasteiger partial charge is 0.491 e. The summed E-state index contributed by atoms with van der Waals surface area (Å²) in [6.07, 6.45) is 8.28. The number of benzene rings is 1. The molecule has 2 rings (SSSR count). The van der Waals surface area contributed by atoms with Crippen molar-refractivity contribution >= 4 is 17.6 Å². The van der Waals surface area contributed by atoms with Crippen LogP contribution in [0, 0.1) is 17.3 Å². The Hall–Kier alpha value is -2.20. The normalized spacial score (nSPS) is 19.3. The van der Waals surface area contributed by atoms with Crippen LogP contribution in [0.25, 0.3) is 5.57 Å². The number of nitrogens with zero attached hydrogens (tertiary/aromatic N) is 1. The van der Waals surface area contributed by atoms with Crippen LogP contribution in [0.5, 0.6) is 5.75 Å². The summed E-state index contributed by atoms with van der Waals surface area (Å²) < 4.78 is 11.0. The number of carbonyl (C=O) groups is 1. The minimum Gasteiger partial charge on any atom is -0.491 e. The first kappa shape index (κ1) is 21.1. The maximum atomic E-state index is 11.5. The van der Waals surface area contributed by atoms with Crippen LogP contribution < -0.4 is 4.74 Å². The molecular weight excluding hydrogens is 338 g/mol. The molecule has 1 atom stereocenters. The third-order valence-electron chi connectivity index (χ3n) is 5.00. The van der Waals surface area contributed by atoms with Gasteiger partial charge in [0.1, 0.15) is 19.0 Å². The summed E-state index contributed by atoms with van der Waals surface area (Å²) in [4.78, 5) is 16.0. The summed E-state index contributed by atoms with van der Waals surface area (Å²) in [7, 11) is 0. The van der Waals surface area contributed by atoms with Gasteiger partial charge >= 0.3 is 0 Å². The van der Waals surface area contributed by atoms with Crippen molar-refractivity contribution in [1.29, 1.82) is 0 Å². The SMILES string of the molecule is CC(C)C(=O)COCCOc1ccc(C2=CN=CC(C)(C(C)C)C=C2)cc1. The summed E-state index contributed by atoms with van der Waals surface area (Å²) in [5.74, 6) is 1.39. The molecule has 0 saturated carbocycles. The van der Waals surface area contributed by atoms with Gasteiger partial charge in [-0.3, -0.25) is 9.79 Å². The Labute approximate surface area is 163 Å². The van der Waals surface area contributed by atoms with Crippen molar-refractivity contribution in [3.8, 4) is 5.75 Å². The van der Waals surface area contributed by atoms with Gasteiger partial charge in [-0.25, -0.2) is 0 Å². The van der Waals surface area contributed by atoms with E-state index in [-0.39, 0.29) is 23.7 Å². The molecule has 0 fully saturated rings. The van der Waals surface area contributed by atoms with Crippen LogP contribution in [-0.4, -0.2) is 31.8 Å². The zero-order valence-electron chi connectivity index (χ0n) is 17.1. The fourth-order valence-electron chi connectivity index (χ4n) is 2.45. The Kier molecular flexibility index (Phi) is 7.55. The van der Waals surface area contributed by atoms with E-state index in [1.165, 1.54) is 0 Å². The number of hydrogen-bond acceptors (Lipinski definition) is 4. The molecule has 0 N–H and O–H groups in total. The molecule has 27 heavy (non-hydrogen) atoms. The minimum absolute atomic E-state index is 0.00791. The topological polar surface area (TPSA) is 47.9 Å². The lowest BCUT2D eigenvalue weighted by Gasteiger charge is -2.24. The smallest absolute Gasteiger partial charge is 0.160 e. The van der Waals surface area contributed by atoms with Gasteiger partial charge in [0.15, 0.2) is 5.78 Å². The highest BCUT2D eigenvalue weighted by molar-refractivity contribution is 5.81. The van der Waals surface area contributed by atoms with Gasteiger partial charge in [0.25, 0.3) is 0 Å². The summed E-state index contributed by atoms with van der Waals surface area (Å²) in [6, 6.07) is 7.95. The van der Waals surface area contributed by atoms with Crippen LogP contribution in [0.2, 0.25) is 0 Å². The van der Waals surface area contributed by atoms with Crippen molar-refractivity contribution in [2.45, 2.75) is 34.6 Å². The molecule has 0 saturated heterocycles. The number of ether oxygens (including phenoxy) is 2. The second kappa shape index (κ2) is 9.65. The van der Waals surface area contributed by atoms with E-state index in [0.717, 1.165) is 16.9 Å². The van der Waals surface area contributed by atoms with Crippen molar-refractivity contribution in [3.63, 3.8) is 0 Å². The van der Waals surface area contributed by atoms with E-state index in [1.54, 1.807) is 0 Å². The summed E-state index contributed by atoms with van der Waals surface area (Å²) in [6.45, 7) is 11.3. The van der Waals surface area contributed by atoms with Crippen LogP contribution in [0.15, 0.2) is 47.6 Å². The fourth-order valence-corrected chi connectivity index (χ4v) is 2.45. The Bertz CT molecular complexity index is 714. The standard InChI is InChI=1S/C23H31NO3/c1-17(2)22(25)15-26-12-13-27-21-8-6-19(7-9-21)20-10-11-23(5,18(3)4)16-24-14-20/h6-11,14,16-18H,12-13,15H2,1-5H3. The lowest BCUT2D eigenvalue weighted by Crippen LogP contribution is -2.21. The number of carbonyl (C=O) groups excluding carboxylic acids is 1. The lowest BCUT2D eigenvalue weighted by molar-refractivity contribution is -0.126. The zero-order valence-corrected chi connectivity index (χ0v) is 17.1. The molecular formula is C23H31NO3. The summed E-state index contributed by atoms with van der Waals surface area (Å²) in [5.41, 5.74) is 2.15. The maximum absolute atomic E-state index is 11.5. The van der Waals surface area contributed by atoms with Gasteiger partial charge in [0.2, 0.25) is 0 Å². The van der Waals surface area contributed by atoms with E-state index in [0.29, 0.717) is 19.1 Å². The molecule has 0 amide bonds. The highest BCUT2D eigenvalue weighted by atomic mass is 16.5. The Morgan fingerprint density at radius 2 is 1.81 bits per heavy atom. The van der Waals surface area contributed by atoms with Crippen LogP contribution in [0.3, 0.4) is 0 Å². The molecule has 1 aliphatic heterocycles. The van der Waals surface area contributed by atoms with E-state index in [4.69, 9.17) is 9.47 Å². The van der Waals surface area contributed by atoms with Gasteiger partial charge in [-0.1, -0.05) is 58.9 Å². The highest BCUT2D eigenvalue weighted by Gasteiger charge is 2.23. The number of rotatable bonds is 9. The minimum atomic E-state index is -0.0295. The number of ketones is 1. The molecule has 0 aliphatic carbocycles. The molecule has 1 aromatic rings. The van der Waals surface area contributed by atoms with Gasteiger partial charge in [-0.2, -0.15) is 0 Å². The van der Waals surface area contributed by atoms with Crippen LogP contribution in [-0.2, 0) is 9.53 Å². The second-order valence-corrected chi connectivity index (χ2v) is 7.76. The molecule has 1 unspecified atom stereocenters. The fraction of sp³-hybridized carbons (Fsp3) is 0.478. The molecule has 0 aromatic heterocycles. The predicted molar refractivity (Wildman–Crippen MR) is 111 cm³/mol. The number of aliphatic imine (C=N–C) groups is 1. The Balaban J connectivity index is 1.86. The van der Waals surface area contributed by atoms with E-state index >= 15 is 0 Å². The molecule has 0 spiro atoms. The molecule has 1 aliphatic rings. The third-order valence-corrected chi connectivity index (χ3v) is 5.00. The average Bonchev–Trinajstić information content (AvgIpc) is 2.84. The number of hydrogen-bond donors (Lipinski definition) is 0. The Morgan fingerprint density at radius 3 is 2.44 bits per heavy atom. The molecule has 0 bridgehead atoms. The van der Waals surface area contributed by atoms with E-state index in [9.17, 15) is 4.79 Å². The van der Waals surface area contributed by atoms with Crippen molar-refractivity contribution in [3.05, 3.63) is 48.2 Å². The van der Waals surface area contributed by atoms with E-state index < -0.39 is 0 Å². The second-order valence-electron chi connectivity index (χ2n) is 7.76. The van der Waals surface area contributed by atoms with Gasteiger partial charge in [-0.15, -0.1) is 0 Å². The monoisotopic (exact) mass is 369 g/mol. The quantitative estimate of drug-likeness (QED) is 0.579. The van der Waals surface area contributed by atoms with Gasteiger partial charge in [-0.05, 0) is 29.2 Å². The van der Waals surface area contributed by atoms with Gasteiger partial charge in [0, 0.05) is 23.7 Å². The molecule has 4 nitrogen and oxygen atoms in total. The van der Waals surface area contributed by atoms with Crippen LogP contribution >= 0.6 is 0 Å². The van der Waals surface area contributed by atoms with Crippen molar-refractivity contribution in [1.82, 2.24) is 0 Å². The predicted octanol–water partition coefficient (Wildman–Crippen LogP) is 4.95. The van der Waals surface area contributed by atoms with E-state index in [1.807, 2.05) is 50.5 Å². The first-order valence-corrected chi connectivity index (χ1v) is 9.59. The maximum Gasteiger partial charge on any atom is 0.160 e. The molecule has 146 valence electrons. The first-order chi connectivity index (χ1) is 12.8. The third kappa shape index (κ3) is 6.17. The molecule has 1 heterocycles. The summed E-state index contributed by atoms with van der Waals surface area (Å²) >= 11 is 0. The van der Waals surface area contributed by atoms with Gasteiger partial charge in [0.05, 0.1) is 6.61 Å². The molecule has 4 heteroatoms. The van der Waals surface area contributed by atoms with Crippen molar-refractivity contribution in [2.24, 2.45) is 22.2 Å².